The number of hydrogen-bond donors (Lipinski definition) is 2. The number of Topliss-reactive ketones (excluding diaryl/α,β-unsaturated/α-hetero) is 1. The van der Waals surface area contributed by atoms with Crippen LogP contribution in [-0.4, -0.2) is 44.5 Å². The lowest BCUT2D eigenvalue weighted by Gasteiger charge is -2.21. The molecule has 1 amide bonds. The number of amides is 1. The molecule has 2 aromatic carbocycles. The van der Waals surface area contributed by atoms with Gasteiger partial charge in [0.25, 0.3) is 11.4 Å². The van der Waals surface area contributed by atoms with Gasteiger partial charge in [0.15, 0.2) is 0 Å². The Morgan fingerprint density at radius 3 is 2.26 bits per heavy atom. The van der Waals surface area contributed by atoms with Crippen LogP contribution in [-0.2, 0) is 16.8 Å². The van der Waals surface area contributed by atoms with E-state index in [1.165, 1.54) is 10.8 Å². The first-order valence-corrected chi connectivity index (χ1v) is 12.7. The summed E-state index contributed by atoms with van der Waals surface area (Å²) < 4.78 is 7.11. The fourth-order valence-electron chi connectivity index (χ4n) is 4.21. The molecule has 2 N–H and O–H groups in total. The van der Waals surface area contributed by atoms with Crippen molar-refractivity contribution in [2.75, 3.05) is 12.4 Å². The second-order valence-corrected chi connectivity index (χ2v) is 10.1. The highest BCUT2D eigenvalue weighted by Crippen LogP contribution is 2.30. The molecule has 0 aliphatic heterocycles. The normalized spacial score (nSPS) is 12.3. The number of hydrogen-bond acceptors (Lipinski definition) is 8. The lowest BCUT2D eigenvalue weighted by Crippen LogP contribution is -2.46. The number of carbonyl (C=O) groups excluding carboxylic acids is 2. The zero-order valence-electron chi connectivity index (χ0n) is 22.6. The summed E-state index contributed by atoms with van der Waals surface area (Å²) in [6.45, 7) is 7.14. The van der Waals surface area contributed by atoms with Gasteiger partial charge in [-0.15, -0.1) is 10.2 Å². The van der Waals surface area contributed by atoms with Crippen molar-refractivity contribution in [2.24, 2.45) is 5.92 Å². The van der Waals surface area contributed by atoms with Crippen molar-refractivity contribution in [1.29, 1.82) is 0 Å². The van der Waals surface area contributed by atoms with Crippen molar-refractivity contribution < 1.29 is 14.0 Å². The van der Waals surface area contributed by atoms with E-state index in [-0.39, 0.29) is 24.0 Å². The van der Waals surface area contributed by atoms with Gasteiger partial charge in [-0.2, -0.15) is 0 Å². The molecule has 0 aliphatic carbocycles. The molecule has 0 bridgehead atoms. The number of anilines is 1. The molecule has 4 rings (SSSR count). The van der Waals surface area contributed by atoms with E-state index < -0.39 is 28.7 Å². The molecule has 10 nitrogen and oxygen atoms in total. The molecule has 10 heteroatoms. The fourth-order valence-corrected chi connectivity index (χ4v) is 4.21. The van der Waals surface area contributed by atoms with Gasteiger partial charge in [-0.3, -0.25) is 19.0 Å². The summed E-state index contributed by atoms with van der Waals surface area (Å²) in [5, 5.41) is 13.7. The lowest BCUT2D eigenvalue weighted by atomic mass is 9.85. The summed E-state index contributed by atoms with van der Waals surface area (Å²) in [6, 6.07) is 17.8. The van der Waals surface area contributed by atoms with Crippen molar-refractivity contribution in [3.8, 4) is 11.4 Å². The topological polar surface area (TPSA) is 132 Å². The molecule has 0 saturated carbocycles. The van der Waals surface area contributed by atoms with E-state index in [1.807, 2.05) is 62.4 Å². The van der Waals surface area contributed by atoms with Crippen molar-refractivity contribution in [2.45, 2.75) is 45.7 Å². The second kappa shape index (κ2) is 11.4. The highest BCUT2D eigenvalue weighted by atomic mass is 16.4. The van der Waals surface area contributed by atoms with Crippen LogP contribution >= 0.6 is 0 Å². The van der Waals surface area contributed by atoms with Crippen LogP contribution < -0.4 is 16.2 Å². The monoisotopic (exact) mass is 528 g/mol. The number of rotatable bonds is 10. The highest BCUT2D eigenvalue weighted by Gasteiger charge is 2.34. The van der Waals surface area contributed by atoms with Gasteiger partial charge in [0.2, 0.25) is 17.6 Å². The Morgan fingerprint density at radius 1 is 1.00 bits per heavy atom. The van der Waals surface area contributed by atoms with E-state index in [4.69, 9.17) is 4.42 Å². The minimum absolute atomic E-state index is 0.186. The molecule has 0 unspecified atom stereocenters. The summed E-state index contributed by atoms with van der Waals surface area (Å²) in [4.78, 5) is 44.1. The standard InChI is InChI=1S/C29H32N6O4/c1-18(2)23(24(37)26-33-34-28(39-26)29(3,4)20-14-10-7-11-15-20)32-22(36)17-35-25(19-12-8-6-9-13-19)31-16-21(30-5)27(35)38/h6-16,18,23,30H,17H2,1-5H3,(H,32,36)/t23-/m1/s1. The van der Waals surface area contributed by atoms with Crippen LogP contribution in [0.5, 0.6) is 0 Å². The molecule has 0 spiro atoms. The number of carbonyl (C=O) groups is 2. The summed E-state index contributed by atoms with van der Waals surface area (Å²) in [5.41, 5.74) is 0.861. The molecule has 0 saturated heterocycles. The van der Waals surface area contributed by atoms with Crippen molar-refractivity contribution in [3.05, 3.63) is 94.6 Å². The van der Waals surface area contributed by atoms with Crippen LogP contribution in [0.3, 0.4) is 0 Å². The lowest BCUT2D eigenvalue weighted by molar-refractivity contribution is -0.122. The third kappa shape index (κ3) is 5.79. The van der Waals surface area contributed by atoms with Gasteiger partial charge in [-0.05, 0) is 25.3 Å². The first-order chi connectivity index (χ1) is 18.6. The van der Waals surface area contributed by atoms with Gasteiger partial charge in [-0.1, -0.05) is 74.5 Å². The predicted molar refractivity (Wildman–Crippen MR) is 147 cm³/mol. The molecule has 0 fully saturated rings. The number of nitrogens with one attached hydrogen (secondary N) is 2. The summed E-state index contributed by atoms with van der Waals surface area (Å²) >= 11 is 0. The van der Waals surface area contributed by atoms with E-state index in [0.717, 1.165) is 5.56 Å². The minimum Gasteiger partial charge on any atom is -0.417 e. The van der Waals surface area contributed by atoms with Gasteiger partial charge < -0.3 is 15.1 Å². The Kier molecular flexibility index (Phi) is 8.04. The first-order valence-electron chi connectivity index (χ1n) is 12.7. The molecule has 2 heterocycles. The van der Waals surface area contributed by atoms with Gasteiger partial charge in [0.05, 0.1) is 17.7 Å². The minimum atomic E-state index is -0.943. The fraction of sp³-hybridized carbons (Fsp3) is 0.310. The van der Waals surface area contributed by atoms with Gasteiger partial charge in [0.1, 0.15) is 18.1 Å². The summed E-state index contributed by atoms with van der Waals surface area (Å²) in [5.74, 6) is -0.869. The molecule has 0 aliphatic rings. The summed E-state index contributed by atoms with van der Waals surface area (Å²) in [6.07, 6.45) is 1.43. The van der Waals surface area contributed by atoms with Crippen LogP contribution in [0.2, 0.25) is 0 Å². The Balaban J connectivity index is 1.57. The third-order valence-electron chi connectivity index (χ3n) is 6.58. The number of aromatic nitrogens is 4. The maximum Gasteiger partial charge on any atom is 0.286 e. The Labute approximate surface area is 226 Å². The van der Waals surface area contributed by atoms with E-state index in [1.54, 1.807) is 33.0 Å². The van der Waals surface area contributed by atoms with E-state index in [0.29, 0.717) is 17.3 Å². The maximum absolute atomic E-state index is 13.4. The second-order valence-electron chi connectivity index (χ2n) is 10.1. The number of nitrogens with zero attached hydrogens (tertiary/aromatic N) is 4. The first kappa shape index (κ1) is 27.4. The van der Waals surface area contributed by atoms with Crippen molar-refractivity contribution in [3.63, 3.8) is 0 Å². The molecular weight excluding hydrogens is 496 g/mol. The summed E-state index contributed by atoms with van der Waals surface area (Å²) in [7, 11) is 1.61. The molecular formula is C29H32N6O4. The van der Waals surface area contributed by atoms with Gasteiger partial charge in [-0.25, -0.2) is 4.98 Å². The molecule has 39 heavy (non-hydrogen) atoms. The Bertz CT molecular complexity index is 1510. The smallest absolute Gasteiger partial charge is 0.286 e. The van der Waals surface area contributed by atoms with Crippen LogP contribution in [0.25, 0.3) is 11.4 Å². The van der Waals surface area contributed by atoms with Gasteiger partial charge >= 0.3 is 0 Å². The Morgan fingerprint density at radius 2 is 1.64 bits per heavy atom. The number of benzene rings is 2. The van der Waals surface area contributed by atoms with E-state index in [2.05, 4.69) is 25.8 Å². The quantitative estimate of drug-likeness (QED) is 0.298. The van der Waals surface area contributed by atoms with E-state index >= 15 is 0 Å². The average molecular weight is 529 g/mol. The molecule has 0 radical (unpaired) electrons. The predicted octanol–water partition coefficient (Wildman–Crippen LogP) is 3.68. The van der Waals surface area contributed by atoms with Crippen molar-refractivity contribution in [1.82, 2.24) is 25.1 Å². The van der Waals surface area contributed by atoms with Crippen LogP contribution in [0, 0.1) is 5.92 Å². The van der Waals surface area contributed by atoms with Gasteiger partial charge in [0, 0.05) is 12.6 Å². The van der Waals surface area contributed by atoms with Crippen molar-refractivity contribution >= 4 is 17.4 Å². The van der Waals surface area contributed by atoms with E-state index in [9.17, 15) is 14.4 Å². The maximum atomic E-state index is 13.4. The largest absolute Gasteiger partial charge is 0.417 e. The highest BCUT2D eigenvalue weighted by molar-refractivity contribution is 5.98. The molecule has 1 atom stereocenters. The average Bonchev–Trinajstić information content (AvgIpc) is 3.45. The molecule has 2 aromatic heterocycles. The van der Waals surface area contributed by atoms with Crippen LogP contribution in [0.15, 0.2) is 76.1 Å². The SMILES string of the molecule is CNc1cnc(-c2ccccc2)n(CC(=O)N[C@@H](C(=O)c2nnc(C(C)(C)c3ccccc3)o2)C(C)C)c1=O. The molecule has 4 aromatic rings. The zero-order valence-corrected chi connectivity index (χ0v) is 22.6. The van der Waals surface area contributed by atoms with Crippen LogP contribution in [0.1, 0.15) is 49.8 Å². The third-order valence-corrected chi connectivity index (χ3v) is 6.58. The Hall–Kier alpha value is -4.60. The number of ketones is 1. The molecule has 202 valence electrons. The zero-order chi connectivity index (χ0) is 28.2. The van der Waals surface area contributed by atoms with Crippen LogP contribution in [0.4, 0.5) is 5.69 Å².